The zero-order valence-corrected chi connectivity index (χ0v) is 11.9. The Hall–Kier alpha value is -1.68. The zero-order chi connectivity index (χ0) is 13.7. The summed E-state index contributed by atoms with van der Waals surface area (Å²) in [6.45, 7) is 7.46. The lowest BCUT2D eigenvalue weighted by atomic mass is 9.99. The average Bonchev–Trinajstić information content (AvgIpc) is 2.92. The normalized spacial score (nSPS) is 12.6. The van der Waals surface area contributed by atoms with Crippen molar-refractivity contribution in [3.8, 4) is 0 Å². The fourth-order valence-corrected chi connectivity index (χ4v) is 2.14. The van der Waals surface area contributed by atoms with E-state index in [2.05, 4.69) is 59.7 Å². The van der Waals surface area contributed by atoms with Crippen LogP contribution in [0.1, 0.15) is 41.8 Å². The average molecular weight is 258 g/mol. The number of hydrogen-bond donors (Lipinski definition) is 2. The number of H-pyrrole nitrogens is 1. The highest BCUT2D eigenvalue weighted by Gasteiger charge is 2.14. The molecule has 4 heteroatoms. The van der Waals surface area contributed by atoms with Gasteiger partial charge in [-0.2, -0.15) is 15.4 Å². The molecule has 0 aliphatic rings. The Morgan fingerprint density at radius 3 is 2.74 bits per heavy atom. The molecule has 0 spiro atoms. The number of nitrogens with zero attached hydrogens (tertiary/aromatic N) is 2. The number of aromatic amines is 1. The Balaban J connectivity index is 2.13. The summed E-state index contributed by atoms with van der Waals surface area (Å²) in [6.07, 6.45) is 3.85. The molecule has 4 nitrogen and oxygen atoms in total. The molecule has 2 rings (SSSR count). The molecule has 102 valence electrons. The van der Waals surface area contributed by atoms with Crippen molar-refractivity contribution in [1.29, 1.82) is 0 Å². The molecular weight excluding hydrogens is 236 g/mol. The van der Waals surface area contributed by atoms with Crippen LogP contribution in [0.5, 0.6) is 0 Å². The van der Waals surface area contributed by atoms with Gasteiger partial charge >= 0.3 is 0 Å². The van der Waals surface area contributed by atoms with E-state index in [1.54, 1.807) is 6.20 Å². The SMILES string of the molecule is CCCNC(Cc1ccc(C)c(C)c1)c1cn[nH]n1. The van der Waals surface area contributed by atoms with Crippen molar-refractivity contribution in [2.45, 2.75) is 39.7 Å². The highest BCUT2D eigenvalue weighted by atomic mass is 15.3. The van der Waals surface area contributed by atoms with Gasteiger partial charge in [0.15, 0.2) is 0 Å². The minimum atomic E-state index is 0.223. The van der Waals surface area contributed by atoms with Gasteiger partial charge in [-0.05, 0) is 49.9 Å². The third-order valence-corrected chi connectivity index (χ3v) is 3.44. The summed E-state index contributed by atoms with van der Waals surface area (Å²) in [5.41, 5.74) is 4.99. The van der Waals surface area contributed by atoms with Crippen molar-refractivity contribution in [1.82, 2.24) is 20.7 Å². The lowest BCUT2D eigenvalue weighted by molar-refractivity contribution is 0.517. The number of aromatic nitrogens is 3. The smallest absolute Gasteiger partial charge is 0.0997 e. The molecule has 0 aliphatic carbocycles. The maximum atomic E-state index is 4.21. The molecular formula is C15H22N4. The first kappa shape index (κ1) is 13.7. The summed E-state index contributed by atoms with van der Waals surface area (Å²) >= 11 is 0. The summed E-state index contributed by atoms with van der Waals surface area (Å²) in [5, 5.41) is 14.3. The van der Waals surface area contributed by atoms with Crippen LogP contribution in [0.3, 0.4) is 0 Å². The number of benzene rings is 1. The maximum absolute atomic E-state index is 4.21. The second-order valence-corrected chi connectivity index (χ2v) is 5.02. The first-order valence-electron chi connectivity index (χ1n) is 6.86. The second-order valence-electron chi connectivity index (χ2n) is 5.02. The molecule has 0 radical (unpaired) electrons. The van der Waals surface area contributed by atoms with Crippen LogP contribution in [-0.4, -0.2) is 22.0 Å². The van der Waals surface area contributed by atoms with Gasteiger partial charge in [-0.3, -0.25) is 0 Å². The summed E-state index contributed by atoms with van der Waals surface area (Å²) in [5.74, 6) is 0. The van der Waals surface area contributed by atoms with Gasteiger partial charge < -0.3 is 5.32 Å². The summed E-state index contributed by atoms with van der Waals surface area (Å²) in [6, 6.07) is 6.87. The molecule has 0 saturated carbocycles. The largest absolute Gasteiger partial charge is 0.308 e. The highest BCUT2D eigenvalue weighted by molar-refractivity contribution is 5.30. The number of aryl methyl sites for hydroxylation is 2. The Bertz CT molecular complexity index is 505. The van der Waals surface area contributed by atoms with Crippen LogP contribution in [0.2, 0.25) is 0 Å². The van der Waals surface area contributed by atoms with E-state index in [9.17, 15) is 0 Å². The lowest BCUT2D eigenvalue weighted by Gasteiger charge is -2.16. The van der Waals surface area contributed by atoms with Gasteiger partial charge in [0.1, 0.15) is 0 Å². The minimum absolute atomic E-state index is 0.223. The number of nitrogens with one attached hydrogen (secondary N) is 2. The first-order chi connectivity index (χ1) is 9.20. The molecule has 1 atom stereocenters. The van der Waals surface area contributed by atoms with Crippen LogP contribution in [0.4, 0.5) is 0 Å². The van der Waals surface area contributed by atoms with Crippen LogP contribution in [0.25, 0.3) is 0 Å². The monoisotopic (exact) mass is 258 g/mol. The Kier molecular flexibility index (Phi) is 4.68. The van der Waals surface area contributed by atoms with Crippen LogP contribution >= 0.6 is 0 Å². The van der Waals surface area contributed by atoms with Gasteiger partial charge in [0, 0.05) is 0 Å². The van der Waals surface area contributed by atoms with E-state index in [4.69, 9.17) is 0 Å². The summed E-state index contributed by atoms with van der Waals surface area (Å²) in [7, 11) is 0. The number of hydrogen-bond acceptors (Lipinski definition) is 3. The minimum Gasteiger partial charge on any atom is -0.308 e. The fourth-order valence-electron chi connectivity index (χ4n) is 2.14. The van der Waals surface area contributed by atoms with Gasteiger partial charge in [0.25, 0.3) is 0 Å². The standard InChI is InChI=1S/C15H22N4/c1-4-7-16-14(15-10-17-19-18-15)9-13-6-5-11(2)12(3)8-13/h5-6,8,10,14,16H,4,7,9H2,1-3H3,(H,17,18,19). The van der Waals surface area contributed by atoms with Crippen LogP contribution in [-0.2, 0) is 6.42 Å². The van der Waals surface area contributed by atoms with E-state index < -0.39 is 0 Å². The van der Waals surface area contributed by atoms with Gasteiger partial charge in [0.2, 0.25) is 0 Å². The molecule has 19 heavy (non-hydrogen) atoms. The molecule has 0 bridgehead atoms. The molecule has 1 unspecified atom stereocenters. The van der Waals surface area contributed by atoms with Crippen molar-refractivity contribution in [3.05, 3.63) is 46.8 Å². The van der Waals surface area contributed by atoms with E-state index in [1.165, 1.54) is 16.7 Å². The van der Waals surface area contributed by atoms with Gasteiger partial charge in [-0.25, -0.2) is 0 Å². The van der Waals surface area contributed by atoms with Crippen LogP contribution < -0.4 is 5.32 Å². The second kappa shape index (κ2) is 6.48. The summed E-state index contributed by atoms with van der Waals surface area (Å²) < 4.78 is 0. The van der Waals surface area contributed by atoms with Crippen molar-refractivity contribution < 1.29 is 0 Å². The molecule has 0 fully saturated rings. The molecule has 0 amide bonds. The molecule has 1 aromatic heterocycles. The van der Waals surface area contributed by atoms with Crippen LogP contribution in [0, 0.1) is 13.8 Å². The quantitative estimate of drug-likeness (QED) is 0.837. The van der Waals surface area contributed by atoms with Crippen LogP contribution in [0.15, 0.2) is 24.4 Å². The van der Waals surface area contributed by atoms with E-state index in [0.29, 0.717) is 0 Å². The molecule has 2 N–H and O–H groups in total. The Labute approximate surface area is 114 Å². The number of rotatable bonds is 6. The zero-order valence-electron chi connectivity index (χ0n) is 11.9. The topological polar surface area (TPSA) is 53.6 Å². The molecule has 0 aliphatic heterocycles. The summed E-state index contributed by atoms with van der Waals surface area (Å²) in [4.78, 5) is 0. The van der Waals surface area contributed by atoms with Gasteiger partial charge in [-0.15, -0.1) is 0 Å². The maximum Gasteiger partial charge on any atom is 0.0997 e. The molecule has 0 saturated heterocycles. The molecule has 1 heterocycles. The van der Waals surface area contributed by atoms with E-state index in [0.717, 1.165) is 25.1 Å². The van der Waals surface area contributed by atoms with Gasteiger partial charge in [0.05, 0.1) is 17.9 Å². The first-order valence-corrected chi connectivity index (χ1v) is 6.86. The van der Waals surface area contributed by atoms with E-state index >= 15 is 0 Å². The lowest BCUT2D eigenvalue weighted by Crippen LogP contribution is -2.24. The van der Waals surface area contributed by atoms with Crippen molar-refractivity contribution >= 4 is 0 Å². The van der Waals surface area contributed by atoms with Crippen molar-refractivity contribution in [2.75, 3.05) is 6.54 Å². The van der Waals surface area contributed by atoms with Crippen molar-refractivity contribution in [2.24, 2.45) is 0 Å². The van der Waals surface area contributed by atoms with E-state index in [1.807, 2.05) is 0 Å². The van der Waals surface area contributed by atoms with Gasteiger partial charge in [-0.1, -0.05) is 25.1 Å². The highest BCUT2D eigenvalue weighted by Crippen LogP contribution is 2.18. The van der Waals surface area contributed by atoms with Crippen molar-refractivity contribution in [3.63, 3.8) is 0 Å². The molecule has 1 aromatic carbocycles. The molecule has 2 aromatic rings. The third kappa shape index (κ3) is 3.64. The fraction of sp³-hybridized carbons (Fsp3) is 0.467. The predicted octanol–water partition coefficient (Wildman–Crippen LogP) is 2.70. The third-order valence-electron chi connectivity index (χ3n) is 3.44. The predicted molar refractivity (Wildman–Crippen MR) is 77.0 cm³/mol. The van der Waals surface area contributed by atoms with E-state index in [-0.39, 0.29) is 6.04 Å². The Morgan fingerprint density at radius 2 is 2.11 bits per heavy atom. The Morgan fingerprint density at radius 1 is 1.26 bits per heavy atom.